The van der Waals surface area contributed by atoms with Gasteiger partial charge in [-0.2, -0.15) is 0 Å². The Morgan fingerprint density at radius 2 is 1.94 bits per heavy atom. The molecule has 0 saturated carbocycles. The van der Waals surface area contributed by atoms with Crippen molar-refractivity contribution in [1.29, 1.82) is 0 Å². The second-order valence-electron chi connectivity index (χ2n) is 7.95. The molecular formula is C25H22N4O4S. The number of rotatable bonds is 6. The zero-order valence-corrected chi connectivity index (χ0v) is 19.3. The minimum absolute atomic E-state index is 0.0397. The number of carbonyl (C=O) groups is 2. The number of amides is 2. The van der Waals surface area contributed by atoms with Gasteiger partial charge in [-0.1, -0.05) is 12.1 Å². The molecular weight excluding hydrogens is 452 g/mol. The Balaban J connectivity index is 1.37. The Bertz CT molecular complexity index is 1440. The molecule has 1 aliphatic heterocycles. The molecule has 1 saturated heterocycles. The van der Waals surface area contributed by atoms with E-state index in [-0.39, 0.29) is 23.9 Å². The van der Waals surface area contributed by atoms with Gasteiger partial charge in [-0.25, -0.2) is 4.98 Å². The van der Waals surface area contributed by atoms with Crippen molar-refractivity contribution in [1.82, 2.24) is 9.55 Å². The summed E-state index contributed by atoms with van der Waals surface area (Å²) in [6, 6.07) is 16.6. The number of nitrogens with one attached hydrogen (secondary N) is 1. The first-order chi connectivity index (χ1) is 16.5. The summed E-state index contributed by atoms with van der Waals surface area (Å²) in [7, 11) is 1.61. The zero-order chi connectivity index (χ0) is 23.7. The summed E-state index contributed by atoms with van der Waals surface area (Å²) >= 11 is 1.34. The molecule has 2 amide bonds. The topological polar surface area (TPSA) is 93.5 Å². The van der Waals surface area contributed by atoms with Crippen molar-refractivity contribution in [2.24, 2.45) is 0 Å². The molecule has 3 heterocycles. The first-order valence-electron chi connectivity index (χ1n) is 10.9. The van der Waals surface area contributed by atoms with E-state index in [0.29, 0.717) is 34.6 Å². The van der Waals surface area contributed by atoms with E-state index >= 15 is 0 Å². The molecule has 34 heavy (non-hydrogen) atoms. The number of para-hydroxylation sites is 2. The lowest BCUT2D eigenvalue weighted by Crippen LogP contribution is -2.29. The van der Waals surface area contributed by atoms with Gasteiger partial charge in [-0.05, 0) is 54.4 Å². The molecule has 5 rings (SSSR count). The highest BCUT2D eigenvalue weighted by Crippen LogP contribution is 2.32. The fraction of sp³-hybridized carbons (Fsp3) is 0.200. The van der Waals surface area contributed by atoms with Crippen LogP contribution >= 0.6 is 11.3 Å². The molecule has 0 bridgehead atoms. The van der Waals surface area contributed by atoms with E-state index in [1.165, 1.54) is 22.2 Å². The van der Waals surface area contributed by atoms with Gasteiger partial charge >= 0.3 is 0 Å². The minimum Gasteiger partial charge on any atom is -0.497 e. The van der Waals surface area contributed by atoms with Crippen molar-refractivity contribution in [2.45, 2.75) is 19.4 Å². The molecule has 2 aromatic heterocycles. The highest BCUT2D eigenvalue weighted by Gasteiger charge is 2.24. The standard InChI is InChI=1S/C25H22N4O4S/c1-33-17-10-8-16(9-11-17)21-13-19-24(34-21)25(32)28(15-26-19)14-22(30)27-18-5-2-3-6-20(18)29-12-4-7-23(29)31/h2-3,5-6,8-11,13,15H,4,7,12,14H2,1H3,(H,27,30). The molecule has 0 unspecified atom stereocenters. The third kappa shape index (κ3) is 4.17. The number of carbonyl (C=O) groups excluding carboxylic acids is 2. The van der Waals surface area contributed by atoms with Crippen molar-refractivity contribution >= 4 is 44.7 Å². The summed E-state index contributed by atoms with van der Waals surface area (Å²) in [5.74, 6) is 0.430. The summed E-state index contributed by atoms with van der Waals surface area (Å²) < 4.78 is 6.99. The number of nitrogens with zero attached hydrogens (tertiary/aromatic N) is 3. The molecule has 9 heteroatoms. The molecule has 0 atom stereocenters. The largest absolute Gasteiger partial charge is 0.497 e. The van der Waals surface area contributed by atoms with Crippen LogP contribution in [0.1, 0.15) is 12.8 Å². The SMILES string of the molecule is COc1ccc(-c2cc3ncn(CC(=O)Nc4ccccc4N4CCCC4=O)c(=O)c3s2)cc1. The van der Waals surface area contributed by atoms with Crippen LogP contribution in [0.2, 0.25) is 0 Å². The average molecular weight is 475 g/mol. The van der Waals surface area contributed by atoms with Gasteiger partial charge < -0.3 is 15.0 Å². The molecule has 4 aromatic rings. The van der Waals surface area contributed by atoms with Crippen molar-refractivity contribution in [3.8, 4) is 16.2 Å². The van der Waals surface area contributed by atoms with Crippen LogP contribution in [0.3, 0.4) is 0 Å². The van der Waals surface area contributed by atoms with E-state index in [2.05, 4.69) is 10.3 Å². The maximum absolute atomic E-state index is 13.1. The minimum atomic E-state index is -0.366. The second-order valence-corrected chi connectivity index (χ2v) is 9.00. The molecule has 0 spiro atoms. The van der Waals surface area contributed by atoms with E-state index in [4.69, 9.17) is 4.74 Å². The normalized spacial score (nSPS) is 13.4. The summed E-state index contributed by atoms with van der Waals surface area (Å²) in [5, 5.41) is 2.84. The van der Waals surface area contributed by atoms with Gasteiger partial charge in [0.15, 0.2) is 0 Å². The van der Waals surface area contributed by atoms with Gasteiger partial charge in [-0.15, -0.1) is 11.3 Å². The van der Waals surface area contributed by atoms with Gasteiger partial charge in [-0.3, -0.25) is 19.0 Å². The van der Waals surface area contributed by atoms with Crippen molar-refractivity contribution in [2.75, 3.05) is 23.9 Å². The highest BCUT2D eigenvalue weighted by molar-refractivity contribution is 7.22. The Morgan fingerprint density at radius 3 is 2.68 bits per heavy atom. The third-order valence-corrected chi connectivity index (χ3v) is 6.90. The fourth-order valence-corrected chi connectivity index (χ4v) is 5.08. The van der Waals surface area contributed by atoms with Crippen LogP contribution in [0.15, 0.2) is 65.7 Å². The molecule has 1 aliphatic rings. The molecule has 0 aliphatic carbocycles. The van der Waals surface area contributed by atoms with Crippen LogP contribution in [0.25, 0.3) is 20.7 Å². The number of hydrogen-bond acceptors (Lipinski definition) is 6. The fourth-order valence-electron chi connectivity index (χ4n) is 4.02. The first kappa shape index (κ1) is 21.8. The summed E-state index contributed by atoms with van der Waals surface area (Å²) in [6.45, 7) is 0.445. The van der Waals surface area contributed by atoms with Crippen molar-refractivity contribution in [3.63, 3.8) is 0 Å². The number of fused-ring (bicyclic) bond motifs is 1. The van der Waals surface area contributed by atoms with E-state index < -0.39 is 0 Å². The number of hydrogen-bond donors (Lipinski definition) is 1. The number of benzene rings is 2. The Hall–Kier alpha value is -3.98. The molecule has 1 fully saturated rings. The highest BCUT2D eigenvalue weighted by atomic mass is 32.1. The lowest BCUT2D eigenvalue weighted by atomic mass is 10.2. The zero-order valence-electron chi connectivity index (χ0n) is 18.5. The van der Waals surface area contributed by atoms with Crippen LogP contribution in [-0.2, 0) is 16.1 Å². The Labute approximate surface area is 199 Å². The molecule has 172 valence electrons. The molecule has 1 N–H and O–H groups in total. The monoisotopic (exact) mass is 474 g/mol. The van der Waals surface area contributed by atoms with E-state index in [9.17, 15) is 14.4 Å². The summed E-state index contributed by atoms with van der Waals surface area (Å²) in [6.07, 6.45) is 2.69. The van der Waals surface area contributed by atoms with Crippen LogP contribution in [0.5, 0.6) is 5.75 Å². The smallest absolute Gasteiger partial charge is 0.271 e. The number of anilines is 2. The lowest BCUT2D eigenvalue weighted by Gasteiger charge is -2.20. The molecule has 8 nitrogen and oxygen atoms in total. The average Bonchev–Trinajstić information content (AvgIpc) is 3.48. The number of methoxy groups -OCH3 is 1. The lowest BCUT2D eigenvalue weighted by molar-refractivity contribution is -0.117. The third-order valence-electron chi connectivity index (χ3n) is 5.73. The number of ether oxygens (including phenoxy) is 1. The van der Waals surface area contributed by atoms with Gasteiger partial charge in [0.1, 0.15) is 17.0 Å². The predicted molar refractivity (Wildman–Crippen MR) is 133 cm³/mol. The van der Waals surface area contributed by atoms with E-state index in [0.717, 1.165) is 22.6 Å². The summed E-state index contributed by atoms with van der Waals surface area (Å²) in [5.41, 5.74) is 2.49. The van der Waals surface area contributed by atoms with Gasteiger partial charge in [0.25, 0.3) is 5.56 Å². The maximum Gasteiger partial charge on any atom is 0.271 e. The molecule has 0 radical (unpaired) electrons. The van der Waals surface area contributed by atoms with E-state index in [1.807, 2.05) is 42.5 Å². The number of aromatic nitrogens is 2. The summed E-state index contributed by atoms with van der Waals surface area (Å²) in [4.78, 5) is 45.0. The Morgan fingerprint density at radius 1 is 1.15 bits per heavy atom. The Kier molecular flexibility index (Phi) is 5.85. The van der Waals surface area contributed by atoms with Crippen molar-refractivity contribution in [3.05, 3.63) is 71.3 Å². The second kappa shape index (κ2) is 9.11. The predicted octanol–water partition coefficient (Wildman–Crippen LogP) is 3.90. The van der Waals surface area contributed by atoms with E-state index in [1.54, 1.807) is 24.1 Å². The first-order valence-corrected chi connectivity index (χ1v) is 11.7. The van der Waals surface area contributed by atoms with Crippen LogP contribution in [0.4, 0.5) is 11.4 Å². The van der Waals surface area contributed by atoms with Gasteiger partial charge in [0.05, 0.1) is 30.3 Å². The number of thiophene rings is 1. The van der Waals surface area contributed by atoms with Crippen LogP contribution in [0, 0.1) is 0 Å². The van der Waals surface area contributed by atoms with Crippen LogP contribution < -0.4 is 20.5 Å². The van der Waals surface area contributed by atoms with Gasteiger partial charge in [0, 0.05) is 17.8 Å². The van der Waals surface area contributed by atoms with Crippen molar-refractivity contribution < 1.29 is 14.3 Å². The van der Waals surface area contributed by atoms with Crippen LogP contribution in [-0.4, -0.2) is 35.0 Å². The quantitative estimate of drug-likeness (QED) is 0.458. The molecule has 2 aromatic carbocycles. The maximum atomic E-state index is 13.1. The van der Waals surface area contributed by atoms with Gasteiger partial charge in [0.2, 0.25) is 11.8 Å².